The van der Waals surface area contributed by atoms with Crippen LogP contribution in [-0.4, -0.2) is 13.2 Å². The van der Waals surface area contributed by atoms with Gasteiger partial charge < -0.3 is 0 Å². The van der Waals surface area contributed by atoms with Crippen molar-refractivity contribution < 1.29 is 0 Å². The molecule has 0 nitrogen and oxygen atoms in total. The Kier molecular flexibility index (Phi) is 4.03. The third-order valence-corrected chi connectivity index (χ3v) is 0.567. The monoisotopic (exact) mass is 118 g/mol. The average molecular weight is 119 g/mol. The molecule has 0 rings (SSSR count). The minimum atomic E-state index is 0.736. The summed E-state index contributed by atoms with van der Waals surface area (Å²) in [7, 11) is 4.98. The van der Waals surface area contributed by atoms with E-state index in [1.54, 1.807) is 0 Å². The van der Waals surface area contributed by atoms with Gasteiger partial charge in [0.1, 0.15) is 0 Å². The van der Waals surface area contributed by atoms with E-state index in [-0.39, 0.29) is 0 Å². The van der Waals surface area contributed by atoms with Crippen LogP contribution in [0.25, 0.3) is 0 Å². The molecule has 0 fully saturated rings. The summed E-state index contributed by atoms with van der Waals surface area (Å²) < 4.78 is 0. The second-order valence-electron chi connectivity index (χ2n) is 0.478. The van der Waals surface area contributed by atoms with Crippen LogP contribution in [0.2, 0.25) is 6.32 Å². The number of hydrogen-bond acceptors (Lipinski definition) is 0. The molecule has 0 aliphatic carbocycles. The first-order chi connectivity index (χ1) is 1.91. The van der Waals surface area contributed by atoms with Gasteiger partial charge in [-0.3, -0.25) is 0 Å². The summed E-state index contributed by atoms with van der Waals surface area (Å²) in [6.45, 7) is 0. The molecule has 0 aromatic carbocycles. The first-order valence-electron chi connectivity index (χ1n) is 1.18. The van der Waals surface area contributed by atoms with Crippen LogP contribution in [0.5, 0.6) is 0 Å². The number of hydrogen-bond donors (Lipinski definition) is 0. The van der Waals surface area contributed by atoms with Gasteiger partial charge in [-0.15, -0.1) is 0 Å². The summed E-state index contributed by atoms with van der Waals surface area (Å²) in [6.07, 6.45) is 0.736. The van der Waals surface area contributed by atoms with Gasteiger partial charge in [0.2, 0.25) is 0 Å². The first kappa shape index (κ1) is 4.54. The van der Waals surface area contributed by atoms with Crippen molar-refractivity contribution in [1.82, 2.24) is 0 Å². The number of halogens is 1. The second-order valence-corrected chi connectivity index (χ2v) is 1.27. The molecule has 0 saturated carbocycles. The zero-order valence-corrected chi connectivity index (χ0v) is 3.96. The Morgan fingerprint density at radius 1 is 1.75 bits per heavy atom. The molecular formula is C2H4BBr. The van der Waals surface area contributed by atoms with Crippen LogP contribution in [-0.2, 0) is 0 Å². The average Bonchev–Trinajstić information content (AvgIpc) is 1.37. The van der Waals surface area contributed by atoms with Crippen LogP contribution in [0.1, 0.15) is 0 Å². The molecule has 0 saturated heterocycles. The van der Waals surface area contributed by atoms with Gasteiger partial charge in [-0.2, -0.15) is 0 Å². The lowest BCUT2D eigenvalue weighted by Crippen LogP contribution is -1.61. The van der Waals surface area contributed by atoms with Crippen LogP contribution in [0, 0.1) is 0 Å². The Balaban J connectivity index is 1.97. The molecule has 0 aliphatic heterocycles. The molecule has 0 N–H and O–H groups in total. The Hall–Kier alpha value is 0.545. The highest BCUT2D eigenvalue weighted by atomic mass is 79.9. The molecule has 4 heavy (non-hydrogen) atoms. The van der Waals surface area contributed by atoms with E-state index in [4.69, 9.17) is 7.85 Å². The largest absolute Gasteiger partial charge is 0.0936 e. The summed E-state index contributed by atoms with van der Waals surface area (Å²) >= 11 is 3.12. The second kappa shape index (κ2) is 3.54. The number of rotatable bonds is 1. The van der Waals surface area contributed by atoms with Gasteiger partial charge in [0, 0.05) is 0 Å². The van der Waals surface area contributed by atoms with E-state index in [1.165, 1.54) is 0 Å². The normalized spacial score (nSPS) is 7.25. The molecule has 2 radical (unpaired) electrons. The van der Waals surface area contributed by atoms with Crippen LogP contribution < -0.4 is 0 Å². The van der Waals surface area contributed by atoms with Crippen molar-refractivity contribution in [3.8, 4) is 0 Å². The van der Waals surface area contributed by atoms with Crippen LogP contribution in [0.4, 0.5) is 0 Å². The van der Waals surface area contributed by atoms with Gasteiger partial charge in [-0.25, -0.2) is 0 Å². The van der Waals surface area contributed by atoms with Crippen molar-refractivity contribution in [2.45, 2.75) is 6.32 Å². The molecule has 0 spiro atoms. The zero-order valence-electron chi connectivity index (χ0n) is 2.37. The maximum absolute atomic E-state index is 4.98. The minimum Gasteiger partial charge on any atom is -0.0936 e. The van der Waals surface area contributed by atoms with Gasteiger partial charge in [0.25, 0.3) is 0 Å². The standard InChI is InChI=1S/C2H4BBr/c3-1-2-4/h1-2H2. The Bertz CT molecular complexity index is 8.00. The lowest BCUT2D eigenvalue weighted by molar-refractivity contribution is 1.53. The Morgan fingerprint density at radius 2 is 2.00 bits per heavy atom. The van der Waals surface area contributed by atoms with Crippen molar-refractivity contribution in [3.05, 3.63) is 0 Å². The summed E-state index contributed by atoms with van der Waals surface area (Å²) in [4.78, 5) is 0. The molecule has 0 bridgehead atoms. The van der Waals surface area contributed by atoms with Crippen molar-refractivity contribution in [1.29, 1.82) is 0 Å². The summed E-state index contributed by atoms with van der Waals surface area (Å²) in [5.74, 6) is 0. The molecular weight excluding hydrogens is 115 g/mol. The smallest absolute Gasteiger partial charge is 0.0664 e. The fraction of sp³-hybridized carbons (Fsp3) is 1.00. The van der Waals surface area contributed by atoms with E-state index in [0.717, 1.165) is 11.7 Å². The summed E-state index contributed by atoms with van der Waals surface area (Å²) in [6, 6.07) is 0. The highest BCUT2D eigenvalue weighted by Gasteiger charge is 1.59. The van der Waals surface area contributed by atoms with Crippen LogP contribution >= 0.6 is 15.9 Å². The lowest BCUT2D eigenvalue weighted by Gasteiger charge is -1.65. The molecule has 0 amide bonds. The quantitative estimate of drug-likeness (QED) is 0.356. The molecule has 0 aromatic heterocycles. The maximum Gasteiger partial charge on any atom is 0.0664 e. The SMILES string of the molecule is [B]CCBr. The molecule has 2 heteroatoms. The van der Waals surface area contributed by atoms with E-state index >= 15 is 0 Å². The van der Waals surface area contributed by atoms with E-state index < -0.39 is 0 Å². The van der Waals surface area contributed by atoms with Gasteiger partial charge in [0.05, 0.1) is 7.85 Å². The summed E-state index contributed by atoms with van der Waals surface area (Å²) in [5.41, 5.74) is 0. The van der Waals surface area contributed by atoms with E-state index in [0.29, 0.717) is 0 Å². The fourth-order valence-corrected chi connectivity index (χ4v) is 0. The molecule has 0 heterocycles. The lowest BCUT2D eigenvalue weighted by atomic mass is 10.1. The predicted octanol–water partition coefficient (Wildman–Crippen LogP) is 0.968. The van der Waals surface area contributed by atoms with Crippen molar-refractivity contribution >= 4 is 23.8 Å². The third kappa shape index (κ3) is 2.54. The van der Waals surface area contributed by atoms with Crippen molar-refractivity contribution in [2.75, 3.05) is 5.33 Å². The highest BCUT2D eigenvalue weighted by molar-refractivity contribution is 9.09. The van der Waals surface area contributed by atoms with Crippen molar-refractivity contribution in [2.24, 2.45) is 0 Å². The maximum atomic E-state index is 4.98. The fourth-order valence-electron chi connectivity index (χ4n) is 0. The first-order valence-corrected chi connectivity index (χ1v) is 2.30. The van der Waals surface area contributed by atoms with E-state index in [2.05, 4.69) is 15.9 Å². The van der Waals surface area contributed by atoms with Crippen molar-refractivity contribution in [3.63, 3.8) is 0 Å². The Labute approximate surface area is 36.1 Å². The Morgan fingerprint density at radius 3 is 2.00 bits per heavy atom. The van der Waals surface area contributed by atoms with Gasteiger partial charge in [0.15, 0.2) is 0 Å². The van der Waals surface area contributed by atoms with E-state index in [9.17, 15) is 0 Å². The third-order valence-electron chi connectivity index (χ3n) is 0.109. The molecule has 0 aromatic rings. The molecule has 0 atom stereocenters. The van der Waals surface area contributed by atoms with Gasteiger partial charge in [-0.05, 0) is 5.33 Å². The summed E-state index contributed by atoms with van der Waals surface area (Å²) in [5, 5.41) is 0.910. The molecule has 22 valence electrons. The van der Waals surface area contributed by atoms with Gasteiger partial charge >= 0.3 is 0 Å². The van der Waals surface area contributed by atoms with Crippen LogP contribution in [0.15, 0.2) is 0 Å². The topological polar surface area (TPSA) is 0 Å². The zero-order chi connectivity index (χ0) is 3.41. The molecule has 0 aliphatic rings. The van der Waals surface area contributed by atoms with Gasteiger partial charge in [-0.1, -0.05) is 22.3 Å². The predicted molar refractivity (Wildman–Crippen MR) is 24.4 cm³/mol. The van der Waals surface area contributed by atoms with E-state index in [1.807, 2.05) is 0 Å². The number of alkyl halides is 1. The molecule has 0 unspecified atom stereocenters. The highest BCUT2D eigenvalue weighted by Crippen LogP contribution is 1.78. The minimum absolute atomic E-state index is 0.736. The van der Waals surface area contributed by atoms with Crippen LogP contribution in [0.3, 0.4) is 0 Å².